The van der Waals surface area contributed by atoms with E-state index in [9.17, 15) is 10.2 Å². The molecule has 2 nitrogen and oxygen atoms in total. The first kappa shape index (κ1) is 15.0. The average molecular weight is 333 g/mol. The largest absolute Gasteiger partial charge is 0.385 e. The minimum Gasteiger partial charge on any atom is -0.385 e. The maximum Gasteiger partial charge on any atom is 0.109 e. The maximum atomic E-state index is 10.4. The minimum atomic E-state index is -0.955. The van der Waals surface area contributed by atoms with E-state index in [1.54, 1.807) is 12.1 Å². The Kier molecular flexibility index (Phi) is 5.12. The van der Waals surface area contributed by atoms with Crippen LogP contribution in [0.3, 0.4) is 0 Å². The van der Waals surface area contributed by atoms with Crippen molar-refractivity contribution in [2.75, 3.05) is 0 Å². The van der Waals surface area contributed by atoms with Crippen LogP contribution in [0.2, 0.25) is 0 Å². The third-order valence-corrected chi connectivity index (χ3v) is 3.78. The van der Waals surface area contributed by atoms with Gasteiger partial charge in [0.05, 0.1) is 0 Å². The maximum absolute atomic E-state index is 10.4. The highest BCUT2D eigenvalue weighted by Gasteiger charge is 2.22. The summed E-state index contributed by atoms with van der Waals surface area (Å²) in [5.41, 5.74) is 2.33. The van der Waals surface area contributed by atoms with Crippen molar-refractivity contribution in [2.24, 2.45) is 0 Å². The lowest BCUT2D eigenvalue weighted by Crippen LogP contribution is -2.20. The van der Waals surface area contributed by atoms with Crippen molar-refractivity contribution in [3.05, 3.63) is 76.3 Å². The fourth-order valence-corrected chi connectivity index (χ4v) is 2.42. The van der Waals surface area contributed by atoms with E-state index in [1.165, 1.54) is 0 Å². The van der Waals surface area contributed by atoms with Gasteiger partial charge in [-0.1, -0.05) is 64.5 Å². The molecule has 0 fully saturated rings. The van der Waals surface area contributed by atoms with Gasteiger partial charge in [-0.05, 0) is 35.8 Å². The van der Waals surface area contributed by atoms with Gasteiger partial charge in [-0.2, -0.15) is 0 Å². The first-order chi connectivity index (χ1) is 9.63. The molecular weight excluding hydrogens is 316 g/mol. The van der Waals surface area contributed by atoms with E-state index in [1.807, 2.05) is 55.5 Å². The van der Waals surface area contributed by atoms with Crippen LogP contribution >= 0.6 is 15.9 Å². The van der Waals surface area contributed by atoms with Crippen LogP contribution in [0.4, 0.5) is 0 Å². The molecule has 0 spiro atoms. The molecule has 2 rings (SSSR count). The van der Waals surface area contributed by atoms with Gasteiger partial charge in [0.25, 0.3) is 0 Å². The molecule has 2 atom stereocenters. The number of rotatable bonds is 4. The van der Waals surface area contributed by atoms with Crippen LogP contribution in [-0.2, 0) is 0 Å². The Balaban J connectivity index is 2.25. The standard InChI is InChI=1S/C17H17BrO2/c1-2-15(12-6-4-3-5-7-12)17(20)16(19)13-8-10-14(18)11-9-13/h2-11,16-17,19-20H,1H3/b15-2+/t16-,17-/m0/s1. The second-order valence-corrected chi connectivity index (χ2v) is 5.47. The van der Waals surface area contributed by atoms with Crippen molar-refractivity contribution in [3.8, 4) is 0 Å². The molecule has 0 saturated heterocycles. The predicted octanol–water partition coefficient (Wildman–Crippen LogP) is 3.95. The molecule has 0 aliphatic heterocycles. The lowest BCUT2D eigenvalue weighted by atomic mass is 9.93. The summed E-state index contributed by atoms with van der Waals surface area (Å²) in [5.74, 6) is 0. The monoisotopic (exact) mass is 332 g/mol. The van der Waals surface area contributed by atoms with Gasteiger partial charge in [0.2, 0.25) is 0 Å². The van der Waals surface area contributed by atoms with Crippen molar-refractivity contribution in [1.29, 1.82) is 0 Å². The summed E-state index contributed by atoms with van der Waals surface area (Å²) < 4.78 is 0.942. The van der Waals surface area contributed by atoms with E-state index in [0.717, 1.165) is 15.6 Å². The molecule has 0 bridgehead atoms. The lowest BCUT2D eigenvalue weighted by Gasteiger charge is -2.21. The molecule has 0 aliphatic rings. The number of aliphatic hydroxyl groups excluding tert-OH is 2. The molecule has 2 aromatic rings. The molecular formula is C17H17BrO2. The van der Waals surface area contributed by atoms with E-state index in [-0.39, 0.29) is 0 Å². The molecule has 0 amide bonds. The fourth-order valence-electron chi connectivity index (χ4n) is 2.15. The van der Waals surface area contributed by atoms with Crippen LogP contribution in [0.5, 0.6) is 0 Å². The highest BCUT2D eigenvalue weighted by atomic mass is 79.9. The number of aliphatic hydroxyl groups is 2. The van der Waals surface area contributed by atoms with Gasteiger partial charge < -0.3 is 10.2 Å². The zero-order chi connectivity index (χ0) is 14.5. The van der Waals surface area contributed by atoms with Crippen LogP contribution in [-0.4, -0.2) is 16.3 Å². The van der Waals surface area contributed by atoms with Gasteiger partial charge in [0.15, 0.2) is 0 Å². The Morgan fingerprint density at radius 1 is 1.00 bits per heavy atom. The smallest absolute Gasteiger partial charge is 0.109 e. The highest BCUT2D eigenvalue weighted by molar-refractivity contribution is 9.10. The normalized spacial score (nSPS) is 14.9. The van der Waals surface area contributed by atoms with E-state index in [2.05, 4.69) is 15.9 Å². The SMILES string of the molecule is C/C=C(\c1ccccc1)[C@H](O)[C@@H](O)c1ccc(Br)cc1. The van der Waals surface area contributed by atoms with Crippen molar-refractivity contribution >= 4 is 21.5 Å². The molecule has 0 heterocycles. The molecule has 104 valence electrons. The topological polar surface area (TPSA) is 40.5 Å². The van der Waals surface area contributed by atoms with Gasteiger partial charge >= 0.3 is 0 Å². The molecule has 2 aromatic carbocycles. The summed E-state index contributed by atoms with van der Waals surface area (Å²) in [5, 5.41) is 20.8. The second kappa shape index (κ2) is 6.84. The summed E-state index contributed by atoms with van der Waals surface area (Å²) in [6, 6.07) is 16.9. The zero-order valence-electron chi connectivity index (χ0n) is 11.2. The Labute approximate surface area is 127 Å². The van der Waals surface area contributed by atoms with Crippen molar-refractivity contribution < 1.29 is 10.2 Å². The van der Waals surface area contributed by atoms with E-state index in [4.69, 9.17) is 0 Å². The lowest BCUT2D eigenvalue weighted by molar-refractivity contribution is 0.0542. The Bertz CT molecular complexity index is 576. The summed E-state index contributed by atoms with van der Waals surface area (Å²) in [6.07, 6.45) is -0.0692. The van der Waals surface area contributed by atoms with Gasteiger partial charge in [-0.3, -0.25) is 0 Å². The molecule has 2 N–H and O–H groups in total. The third-order valence-electron chi connectivity index (χ3n) is 3.25. The Morgan fingerprint density at radius 3 is 2.15 bits per heavy atom. The number of benzene rings is 2. The number of allylic oxidation sites excluding steroid dienone is 1. The molecule has 0 aromatic heterocycles. The molecule has 20 heavy (non-hydrogen) atoms. The summed E-state index contributed by atoms with van der Waals surface area (Å²) in [6.45, 7) is 1.86. The first-order valence-corrected chi connectivity index (χ1v) is 7.26. The van der Waals surface area contributed by atoms with Gasteiger partial charge in [-0.25, -0.2) is 0 Å². The first-order valence-electron chi connectivity index (χ1n) is 6.46. The van der Waals surface area contributed by atoms with Crippen molar-refractivity contribution in [1.82, 2.24) is 0 Å². The molecule has 0 unspecified atom stereocenters. The Hall–Kier alpha value is -1.42. The average Bonchev–Trinajstić information content (AvgIpc) is 2.49. The highest BCUT2D eigenvalue weighted by Crippen LogP contribution is 2.28. The van der Waals surface area contributed by atoms with E-state index >= 15 is 0 Å². The van der Waals surface area contributed by atoms with Crippen molar-refractivity contribution in [3.63, 3.8) is 0 Å². The minimum absolute atomic E-state index is 0.691. The summed E-state index contributed by atoms with van der Waals surface area (Å²) in [4.78, 5) is 0. The van der Waals surface area contributed by atoms with Crippen LogP contribution in [0, 0.1) is 0 Å². The van der Waals surface area contributed by atoms with Gasteiger partial charge in [0.1, 0.15) is 12.2 Å². The van der Waals surface area contributed by atoms with E-state index in [0.29, 0.717) is 5.56 Å². The fraction of sp³-hybridized carbons (Fsp3) is 0.176. The van der Waals surface area contributed by atoms with Gasteiger partial charge in [0, 0.05) is 4.47 Å². The summed E-state index contributed by atoms with van der Waals surface area (Å²) >= 11 is 3.36. The van der Waals surface area contributed by atoms with Crippen LogP contribution in [0.15, 0.2) is 65.1 Å². The zero-order valence-corrected chi connectivity index (χ0v) is 12.8. The number of hydrogen-bond donors (Lipinski definition) is 2. The quantitative estimate of drug-likeness (QED) is 0.890. The predicted molar refractivity (Wildman–Crippen MR) is 85.2 cm³/mol. The molecule has 0 saturated carbocycles. The van der Waals surface area contributed by atoms with Crippen molar-refractivity contribution in [2.45, 2.75) is 19.1 Å². The Morgan fingerprint density at radius 2 is 1.60 bits per heavy atom. The van der Waals surface area contributed by atoms with Gasteiger partial charge in [-0.15, -0.1) is 0 Å². The molecule has 0 aliphatic carbocycles. The van der Waals surface area contributed by atoms with E-state index < -0.39 is 12.2 Å². The van der Waals surface area contributed by atoms with Crippen LogP contribution in [0.25, 0.3) is 5.57 Å². The molecule has 3 heteroatoms. The van der Waals surface area contributed by atoms with Crippen LogP contribution in [0.1, 0.15) is 24.2 Å². The number of hydrogen-bond acceptors (Lipinski definition) is 2. The summed E-state index contributed by atoms with van der Waals surface area (Å²) in [7, 11) is 0. The number of halogens is 1. The molecule has 0 radical (unpaired) electrons. The van der Waals surface area contributed by atoms with Crippen LogP contribution < -0.4 is 0 Å². The third kappa shape index (κ3) is 3.37. The second-order valence-electron chi connectivity index (χ2n) is 4.55.